The molecule has 4 nitrogen and oxygen atoms in total. The van der Waals surface area contributed by atoms with Gasteiger partial charge in [0.05, 0.1) is 17.3 Å². The minimum Gasteiger partial charge on any atom is -0.375 e. The molecule has 2 aromatic rings. The molecule has 21 heavy (non-hydrogen) atoms. The van der Waals surface area contributed by atoms with Crippen molar-refractivity contribution in [3.05, 3.63) is 65.2 Å². The van der Waals surface area contributed by atoms with E-state index >= 15 is 0 Å². The van der Waals surface area contributed by atoms with Gasteiger partial charge in [-0.05, 0) is 17.7 Å². The van der Waals surface area contributed by atoms with Gasteiger partial charge in [0.2, 0.25) is 0 Å². The van der Waals surface area contributed by atoms with Crippen molar-refractivity contribution >= 4 is 29.4 Å². The van der Waals surface area contributed by atoms with Gasteiger partial charge in [0.15, 0.2) is 0 Å². The van der Waals surface area contributed by atoms with Gasteiger partial charge in [-0.3, -0.25) is 4.79 Å². The van der Waals surface area contributed by atoms with Crippen LogP contribution < -0.4 is 10.7 Å². The van der Waals surface area contributed by atoms with Crippen LogP contribution in [0.1, 0.15) is 5.56 Å². The maximum atomic E-state index is 11.6. The number of nitrogens with one attached hydrogen (secondary N) is 2. The van der Waals surface area contributed by atoms with Crippen LogP contribution in [-0.2, 0) is 11.2 Å². The zero-order valence-corrected chi connectivity index (χ0v) is 12.2. The van der Waals surface area contributed by atoms with E-state index in [2.05, 4.69) is 15.8 Å². The van der Waals surface area contributed by atoms with Crippen LogP contribution in [0.4, 0.5) is 5.69 Å². The van der Waals surface area contributed by atoms with Crippen LogP contribution in [0.3, 0.4) is 0 Å². The molecule has 0 aromatic heterocycles. The summed E-state index contributed by atoms with van der Waals surface area (Å²) in [7, 11) is 0. The van der Waals surface area contributed by atoms with E-state index in [1.54, 1.807) is 12.3 Å². The number of hydrogen-bond donors (Lipinski definition) is 2. The summed E-state index contributed by atoms with van der Waals surface area (Å²) in [6.45, 7) is 0.117. The molecule has 0 atom stereocenters. The van der Waals surface area contributed by atoms with E-state index in [0.29, 0.717) is 11.4 Å². The van der Waals surface area contributed by atoms with Gasteiger partial charge in [-0.25, -0.2) is 5.43 Å². The van der Waals surface area contributed by atoms with E-state index in [0.717, 1.165) is 11.3 Å². The number of para-hydroxylation sites is 1. The first-order chi connectivity index (χ1) is 10.3. The Balaban J connectivity index is 1.71. The zero-order chi connectivity index (χ0) is 14.9. The molecule has 0 bridgehead atoms. The molecular formula is C16H16ClN3O. The number of hydrazone groups is 1. The van der Waals surface area contributed by atoms with Crippen molar-refractivity contribution < 1.29 is 4.79 Å². The van der Waals surface area contributed by atoms with Gasteiger partial charge in [0.25, 0.3) is 5.91 Å². The van der Waals surface area contributed by atoms with E-state index in [-0.39, 0.29) is 12.5 Å². The minimum absolute atomic E-state index is 0.117. The molecule has 5 heteroatoms. The number of carbonyl (C=O) groups is 1. The summed E-state index contributed by atoms with van der Waals surface area (Å²) in [5.74, 6) is -0.223. The van der Waals surface area contributed by atoms with Crippen molar-refractivity contribution in [1.29, 1.82) is 0 Å². The first-order valence-electron chi connectivity index (χ1n) is 6.58. The molecule has 0 spiro atoms. The summed E-state index contributed by atoms with van der Waals surface area (Å²) in [5.41, 5.74) is 4.34. The van der Waals surface area contributed by atoms with Gasteiger partial charge in [0, 0.05) is 12.6 Å². The van der Waals surface area contributed by atoms with Crippen LogP contribution in [0, 0.1) is 0 Å². The van der Waals surface area contributed by atoms with Gasteiger partial charge in [0.1, 0.15) is 0 Å². The van der Waals surface area contributed by atoms with Crippen molar-refractivity contribution in [3.63, 3.8) is 0 Å². The summed E-state index contributed by atoms with van der Waals surface area (Å²) in [6, 6.07) is 17.2. The number of halogens is 1. The Morgan fingerprint density at radius 3 is 2.57 bits per heavy atom. The number of amides is 1. The van der Waals surface area contributed by atoms with Crippen LogP contribution in [0.25, 0.3) is 0 Å². The Labute approximate surface area is 128 Å². The number of hydrogen-bond acceptors (Lipinski definition) is 3. The number of nitrogens with zero attached hydrogens (tertiary/aromatic N) is 1. The molecule has 108 valence electrons. The Morgan fingerprint density at radius 1 is 1.10 bits per heavy atom. The average molecular weight is 302 g/mol. The number of carbonyl (C=O) groups excluding carboxylic acids is 1. The van der Waals surface area contributed by atoms with Gasteiger partial charge in [-0.2, -0.15) is 5.10 Å². The van der Waals surface area contributed by atoms with Crippen LogP contribution in [0.2, 0.25) is 5.02 Å². The van der Waals surface area contributed by atoms with E-state index in [4.69, 9.17) is 11.6 Å². The molecule has 0 aliphatic carbocycles. The fourth-order valence-corrected chi connectivity index (χ4v) is 1.90. The third kappa shape index (κ3) is 5.28. The highest BCUT2D eigenvalue weighted by molar-refractivity contribution is 6.33. The molecule has 0 unspecified atom stereocenters. The highest BCUT2D eigenvalue weighted by atomic mass is 35.5. The summed E-state index contributed by atoms with van der Waals surface area (Å²) in [4.78, 5) is 11.6. The van der Waals surface area contributed by atoms with E-state index in [9.17, 15) is 4.79 Å². The van der Waals surface area contributed by atoms with Crippen LogP contribution in [0.15, 0.2) is 59.7 Å². The molecule has 2 aromatic carbocycles. The third-order valence-electron chi connectivity index (χ3n) is 2.76. The molecule has 0 radical (unpaired) electrons. The highest BCUT2D eigenvalue weighted by Gasteiger charge is 2.01. The fraction of sp³-hybridized carbons (Fsp3) is 0.125. The van der Waals surface area contributed by atoms with Gasteiger partial charge < -0.3 is 5.32 Å². The largest absolute Gasteiger partial charge is 0.375 e. The van der Waals surface area contributed by atoms with Crippen LogP contribution in [-0.4, -0.2) is 18.7 Å². The minimum atomic E-state index is -0.223. The summed E-state index contributed by atoms with van der Waals surface area (Å²) in [5, 5.41) is 7.44. The lowest BCUT2D eigenvalue weighted by Crippen LogP contribution is -2.26. The second kappa shape index (κ2) is 8.07. The van der Waals surface area contributed by atoms with Gasteiger partial charge >= 0.3 is 0 Å². The van der Waals surface area contributed by atoms with Crippen molar-refractivity contribution in [2.24, 2.45) is 5.10 Å². The second-order valence-corrected chi connectivity index (χ2v) is 4.78. The molecule has 2 rings (SSSR count). The van der Waals surface area contributed by atoms with Crippen molar-refractivity contribution in [3.8, 4) is 0 Å². The van der Waals surface area contributed by atoms with Crippen LogP contribution in [0.5, 0.6) is 0 Å². The predicted molar refractivity (Wildman–Crippen MR) is 86.7 cm³/mol. The molecule has 1 amide bonds. The second-order valence-electron chi connectivity index (χ2n) is 4.37. The maximum absolute atomic E-state index is 11.6. The lowest BCUT2D eigenvalue weighted by molar-refractivity contribution is -0.119. The van der Waals surface area contributed by atoms with E-state index in [1.165, 1.54) is 0 Å². The predicted octanol–water partition coefficient (Wildman–Crippen LogP) is 3.10. The number of anilines is 1. The Hall–Kier alpha value is -2.33. The highest BCUT2D eigenvalue weighted by Crippen LogP contribution is 2.19. The molecule has 0 aliphatic heterocycles. The monoisotopic (exact) mass is 301 g/mol. The first-order valence-corrected chi connectivity index (χ1v) is 6.96. The molecule has 0 fully saturated rings. The Bertz CT molecular complexity index is 614. The summed E-state index contributed by atoms with van der Waals surface area (Å²) in [6.07, 6.45) is 2.35. The van der Waals surface area contributed by atoms with E-state index in [1.807, 2.05) is 48.5 Å². The zero-order valence-electron chi connectivity index (χ0n) is 11.4. The summed E-state index contributed by atoms with van der Waals surface area (Å²) < 4.78 is 0. The van der Waals surface area contributed by atoms with E-state index < -0.39 is 0 Å². The normalized spacial score (nSPS) is 10.5. The average Bonchev–Trinajstić information content (AvgIpc) is 2.52. The van der Waals surface area contributed by atoms with Gasteiger partial charge in [-0.1, -0.05) is 54.1 Å². The van der Waals surface area contributed by atoms with Crippen LogP contribution >= 0.6 is 11.6 Å². The van der Waals surface area contributed by atoms with Crippen molar-refractivity contribution in [1.82, 2.24) is 5.43 Å². The molecular weight excluding hydrogens is 286 g/mol. The van der Waals surface area contributed by atoms with Crippen molar-refractivity contribution in [2.45, 2.75) is 6.42 Å². The molecule has 0 saturated carbocycles. The number of benzene rings is 2. The standard InChI is InChI=1S/C16H16ClN3O/c17-14-8-4-5-9-15(14)18-12-16(21)20-19-11-10-13-6-2-1-3-7-13/h1-9,11,18H,10,12H2,(H,20,21)/b19-11+. The smallest absolute Gasteiger partial charge is 0.259 e. The Morgan fingerprint density at radius 2 is 1.81 bits per heavy atom. The molecule has 0 aliphatic rings. The molecule has 2 N–H and O–H groups in total. The molecule has 0 heterocycles. The third-order valence-corrected chi connectivity index (χ3v) is 3.09. The summed E-state index contributed by atoms with van der Waals surface area (Å²) >= 11 is 5.98. The lowest BCUT2D eigenvalue weighted by Gasteiger charge is -2.06. The fourth-order valence-electron chi connectivity index (χ4n) is 1.70. The lowest BCUT2D eigenvalue weighted by atomic mass is 10.2. The topological polar surface area (TPSA) is 53.5 Å². The molecule has 0 saturated heterocycles. The SMILES string of the molecule is O=C(CNc1ccccc1Cl)N/N=C/Cc1ccccc1. The van der Waals surface area contributed by atoms with Crippen molar-refractivity contribution in [2.75, 3.05) is 11.9 Å². The first kappa shape index (κ1) is 15.1. The maximum Gasteiger partial charge on any atom is 0.259 e. The van der Waals surface area contributed by atoms with Gasteiger partial charge in [-0.15, -0.1) is 0 Å². The quantitative estimate of drug-likeness (QED) is 0.636. The Kier molecular flexibility index (Phi) is 5.79. The number of rotatable bonds is 6.